The third-order valence-electron chi connectivity index (χ3n) is 3.45. The smallest absolute Gasteiger partial charge is 0.256 e. The summed E-state index contributed by atoms with van der Waals surface area (Å²) in [6.07, 6.45) is 1.85. The van der Waals surface area contributed by atoms with Gasteiger partial charge in [0.1, 0.15) is 5.75 Å². The van der Waals surface area contributed by atoms with Crippen LogP contribution in [0.5, 0.6) is 5.75 Å². The van der Waals surface area contributed by atoms with Gasteiger partial charge < -0.3 is 10.1 Å². The largest absolute Gasteiger partial charge is 0.496 e. The first-order chi connectivity index (χ1) is 10.1. The lowest BCUT2D eigenvalue weighted by Crippen LogP contribution is -2.03. The SMILES string of the molecule is COc1ccc(C)cc1/C=C1/C(=O)Nc2cc(Cl)ccc21. The molecular formula is C17H14ClNO2. The number of hydrogen-bond acceptors (Lipinski definition) is 2. The van der Waals surface area contributed by atoms with E-state index in [2.05, 4.69) is 5.32 Å². The number of hydrogen-bond donors (Lipinski definition) is 1. The number of carbonyl (C=O) groups excluding carboxylic acids is 1. The Kier molecular flexibility index (Phi) is 3.43. The van der Waals surface area contributed by atoms with E-state index >= 15 is 0 Å². The minimum atomic E-state index is -0.129. The van der Waals surface area contributed by atoms with Crippen molar-refractivity contribution < 1.29 is 9.53 Å². The maximum Gasteiger partial charge on any atom is 0.256 e. The predicted octanol–water partition coefficient (Wildman–Crippen LogP) is 4.15. The van der Waals surface area contributed by atoms with Gasteiger partial charge in [-0.1, -0.05) is 29.3 Å². The zero-order valence-electron chi connectivity index (χ0n) is 11.7. The van der Waals surface area contributed by atoms with Crippen molar-refractivity contribution >= 4 is 34.8 Å². The molecule has 1 aliphatic heterocycles. The van der Waals surface area contributed by atoms with Gasteiger partial charge in [0.25, 0.3) is 5.91 Å². The van der Waals surface area contributed by atoms with Gasteiger partial charge in [0.05, 0.1) is 12.8 Å². The number of rotatable bonds is 2. The predicted molar refractivity (Wildman–Crippen MR) is 85.7 cm³/mol. The molecule has 1 aliphatic rings. The van der Waals surface area contributed by atoms with Crippen LogP contribution in [0.15, 0.2) is 36.4 Å². The first kappa shape index (κ1) is 13.7. The zero-order chi connectivity index (χ0) is 15.0. The molecule has 0 spiro atoms. The molecule has 0 saturated carbocycles. The van der Waals surface area contributed by atoms with Crippen molar-refractivity contribution in [3.05, 3.63) is 58.1 Å². The van der Waals surface area contributed by atoms with Crippen molar-refractivity contribution in [2.45, 2.75) is 6.92 Å². The van der Waals surface area contributed by atoms with E-state index in [1.165, 1.54) is 0 Å². The van der Waals surface area contributed by atoms with Crippen molar-refractivity contribution in [3.8, 4) is 5.75 Å². The highest BCUT2D eigenvalue weighted by Crippen LogP contribution is 2.36. The molecule has 0 aromatic heterocycles. The number of aryl methyl sites for hydroxylation is 1. The minimum Gasteiger partial charge on any atom is -0.496 e. The number of benzene rings is 2. The van der Waals surface area contributed by atoms with Gasteiger partial charge in [-0.3, -0.25) is 4.79 Å². The lowest BCUT2D eigenvalue weighted by molar-refractivity contribution is -0.110. The van der Waals surface area contributed by atoms with Gasteiger partial charge in [-0.25, -0.2) is 0 Å². The maximum absolute atomic E-state index is 12.2. The van der Waals surface area contributed by atoms with Crippen LogP contribution in [0.1, 0.15) is 16.7 Å². The van der Waals surface area contributed by atoms with E-state index in [4.69, 9.17) is 16.3 Å². The number of amides is 1. The highest BCUT2D eigenvalue weighted by Gasteiger charge is 2.24. The molecule has 3 nitrogen and oxygen atoms in total. The number of carbonyl (C=O) groups is 1. The molecule has 0 radical (unpaired) electrons. The summed E-state index contributed by atoms with van der Waals surface area (Å²) in [4.78, 5) is 12.2. The minimum absolute atomic E-state index is 0.129. The lowest BCUT2D eigenvalue weighted by Gasteiger charge is -2.07. The lowest BCUT2D eigenvalue weighted by atomic mass is 10.0. The molecule has 4 heteroatoms. The zero-order valence-corrected chi connectivity index (χ0v) is 12.5. The summed E-state index contributed by atoms with van der Waals surface area (Å²) in [5.41, 5.74) is 4.20. The van der Waals surface area contributed by atoms with Gasteiger partial charge in [0.15, 0.2) is 0 Å². The van der Waals surface area contributed by atoms with E-state index in [0.29, 0.717) is 10.6 Å². The van der Waals surface area contributed by atoms with Crippen LogP contribution in [0.3, 0.4) is 0 Å². The number of methoxy groups -OCH3 is 1. The molecule has 3 rings (SSSR count). The van der Waals surface area contributed by atoms with E-state index in [0.717, 1.165) is 28.1 Å². The maximum atomic E-state index is 12.2. The molecule has 0 saturated heterocycles. The second kappa shape index (κ2) is 5.26. The van der Waals surface area contributed by atoms with Gasteiger partial charge in [-0.05, 0) is 37.3 Å². The molecular weight excluding hydrogens is 286 g/mol. The van der Waals surface area contributed by atoms with Gasteiger partial charge in [-0.2, -0.15) is 0 Å². The van der Waals surface area contributed by atoms with Gasteiger partial charge in [0, 0.05) is 21.7 Å². The molecule has 0 unspecified atom stereocenters. The molecule has 2 aromatic rings. The monoisotopic (exact) mass is 299 g/mol. The highest BCUT2D eigenvalue weighted by molar-refractivity contribution is 6.36. The number of nitrogens with one attached hydrogen (secondary N) is 1. The first-order valence-corrected chi connectivity index (χ1v) is 6.94. The fraction of sp³-hybridized carbons (Fsp3) is 0.118. The molecule has 0 aliphatic carbocycles. The Morgan fingerprint density at radius 2 is 2.00 bits per heavy atom. The van der Waals surface area contributed by atoms with Crippen molar-refractivity contribution in [1.29, 1.82) is 0 Å². The van der Waals surface area contributed by atoms with Gasteiger partial charge in [-0.15, -0.1) is 0 Å². The molecule has 0 fully saturated rings. The van der Waals surface area contributed by atoms with Crippen molar-refractivity contribution in [2.24, 2.45) is 0 Å². The third-order valence-corrected chi connectivity index (χ3v) is 3.68. The topological polar surface area (TPSA) is 38.3 Å². The summed E-state index contributed by atoms with van der Waals surface area (Å²) < 4.78 is 5.36. The average molecular weight is 300 g/mol. The van der Waals surface area contributed by atoms with Crippen molar-refractivity contribution in [3.63, 3.8) is 0 Å². The Morgan fingerprint density at radius 1 is 1.19 bits per heavy atom. The van der Waals surface area contributed by atoms with E-state index in [1.807, 2.05) is 37.3 Å². The molecule has 2 aromatic carbocycles. The second-order valence-corrected chi connectivity index (χ2v) is 5.38. The van der Waals surface area contributed by atoms with Crippen LogP contribution in [0.4, 0.5) is 5.69 Å². The summed E-state index contributed by atoms with van der Waals surface area (Å²) in [6, 6.07) is 11.3. The number of halogens is 1. The normalized spacial score (nSPS) is 15.0. The van der Waals surface area contributed by atoms with Crippen LogP contribution in [-0.2, 0) is 4.79 Å². The number of anilines is 1. The summed E-state index contributed by atoms with van der Waals surface area (Å²) in [6.45, 7) is 2.00. The Bertz CT molecular complexity index is 765. The standard InChI is InChI=1S/C17H14ClNO2/c1-10-3-6-16(21-2)11(7-10)8-14-13-5-4-12(18)9-15(13)19-17(14)20/h3-9H,1-2H3,(H,19,20)/b14-8+. The van der Waals surface area contributed by atoms with E-state index in [-0.39, 0.29) is 5.91 Å². The molecule has 106 valence electrons. The van der Waals surface area contributed by atoms with Gasteiger partial charge in [0.2, 0.25) is 0 Å². The van der Waals surface area contributed by atoms with E-state index < -0.39 is 0 Å². The van der Waals surface area contributed by atoms with Crippen LogP contribution in [0.25, 0.3) is 11.6 Å². The number of ether oxygens (including phenoxy) is 1. The highest BCUT2D eigenvalue weighted by atomic mass is 35.5. The van der Waals surface area contributed by atoms with Crippen molar-refractivity contribution in [2.75, 3.05) is 12.4 Å². The Hall–Kier alpha value is -2.26. The quantitative estimate of drug-likeness (QED) is 0.846. The number of fused-ring (bicyclic) bond motifs is 1. The fourth-order valence-electron chi connectivity index (χ4n) is 2.43. The van der Waals surface area contributed by atoms with Crippen LogP contribution < -0.4 is 10.1 Å². The third kappa shape index (κ3) is 2.52. The summed E-state index contributed by atoms with van der Waals surface area (Å²) in [7, 11) is 1.62. The van der Waals surface area contributed by atoms with E-state index in [1.54, 1.807) is 19.2 Å². The first-order valence-electron chi connectivity index (χ1n) is 6.56. The van der Waals surface area contributed by atoms with Crippen molar-refractivity contribution in [1.82, 2.24) is 0 Å². The Labute approximate surface area is 128 Å². The van der Waals surface area contributed by atoms with Crippen LogP contribution >= 0.6 is 11.6 Å². The molecule has 0 atom stereocenters. The van der Waals surface area contributed by atoms with Crippen LogP contribution in [0, 0.1) is 6.92 Å². The van der Waals surface area contributed by atoms with Crippen LogP contribution in [0.2, 0.25) is 5.02 Å². The summed E-state index contributed by atoms with van der Waals surface area (Å²) >= 11 is 5.96. The summed E-state index contributed by atoms with van der Waals surface area (Å²) in [5.74, 6) is 0.610. The van der Waals surface area contributed by atoms with Crippen LogP contribution in [-0.4, -0.2) is 13.0 Å². The summed E-state index contributed by atoms with van der Waals surface area (Å²) in [5, 5.41) is 3.43. The second-order valence-electron chi connectivity index (χ2n) is 4.95. The Morgan fingerprint density at radius 3 is 2.76 bits per heavy atom. The molecule has 1 amide bonds. The molecule has 1 N–H and O–H groups in total. The molecule has 21 heavy (non-hydrogen) atoms. The van der Waals surface area contributed by atoms with Gasteiger partial charge >= 0.3 is 0 Å². The molecule has 1 heterocycles. The fourth-order valence-corrected chi connectivity index (χ4v) is 2.60. The molecule has 0 bridgehead atoms. The van der Waals surface area contributed by atoms with E-state index in [9.17, 15) is 4.79 Å². The Balaban J connectivity index is 2.13. The average Bonchev–Trinajstić information content (AvgIpc) is 2.74.